The van der Waals surface area contributed by atoms with E-state index in [0.717, 1.165) is 19.6 Å². The highest BCUT2D eigenvalue weighted by atomic mass is 35.5. The molecule has 0 bridgehead atoms. The Hall–Kier alpha value is -1.14. The normalized spacial score (nSPS) is 27.0. The van der Waals surface area contributed by atoms with E-state index in [1.807, 2.05) is 4.90 Å². The lowest BCUT2D eigenvalue weighted by molar-refractivity contribution is 0.0376. The van der Waals surface area contributed by atoms with Crippen molar-refractivity contribution < 1.29 is 9.90 Å². The second kappa shape index (κ2) is 6.32. The van der Waals surface area contributed by atoms with Crippen molar-refractivity contribution in [1.82, 2.24) is 15.1 Å². The first kappa shape index (κ1) is 14.8. The first-order valence-corrected chi connectivity index (χ1v) is 7.70. The fourth-order valence-electron chi connectivity index (χ4n) is 3.06. The molecule has 2 aliphatic heterocycles. The predicted molar refractivity (Wildman–Crippen MR) is 81.6 cm³/mol. The van der Waals surface area contributed by atoms with Crippen LogP contribution in [0.1, 0.15) is 10.4 Å². The Morgan fingerprint density at radius 1 is 1.14 bits per heavy atom. The number of amides is 1. The van der Waals surface area contributed by atoms with E-state index in [0.29, 0.717) is 30.2 Å². The number of nitrogens with zero attached hydrogens (tertiary/aromatic N) is 2. The van der Waals surface area contributed by atoms with E-state index >= 15 is 0 Å². The van der Waals surface area contributed by atoms with Crippen molar-refractivity contribution in [2.45, 2.75) is 12.1 Å². The van der Waals surface area contributed by atoms with Crippen LogP contribution in [-0.4, -0.2) is 72.2 Å². The Morgan fingerprint density at radius 2 is 1.81 bits per heavy atom. The van der Waals surface area contributed by atoms with Gasteiger partial charge in [0.2, 0.25) is 0 Å². The van der Waals surface area contributed by atoms with Gasteiger partial charge in [0.05, 0.1) is 6.10 Å². The highest BCUT2D eigenvalue weighted by Gasteiger charge is 2.33. The minimum atomic E-state index is -0.302. The molecule has 21 heavy (non-hydrogen) atoms. The number of benzene rings is 1. The van der Waals surface area contributed by atoms with Crippen molar-refractivity contribution in [3.63, 3.8) is 0 Å². The van der Waals surface area contributed by atoms with E-state index in [4.69, 9.17) is 11.6 Å². The smallest absolute Gasteiger partial charge is 0.253 e. The molecule has 0 saturated carbocycles. The summed E-state index contributed by atoms with van der Waals surface area (Å²) in [6, 6.07) is 7.19. The van der Waals surface area contributed by atoms with Crippen LogP contribution in [0, 0.1) is 0 Å². The predicted octanol–water partition coefficient (Wildman–Crippen LogP) is 0.430. The molecule has 1 amide bonds. The molecule has 2 N–H and O–H groups in total. The maximum Gasteiger partial charge on any atom is 0.253 e. The molecule has 3 rings (SSSR count). The summed E-state index contributed by atoms with van der Waals surface area (Å²) in [4.78, 5) is 16.5. The molecule has 0 spiro atoms. The summed E-state index contributed by atoms with van der Waals surface area (Å²) in [5.74, 6) is 0.0522. The van der Waals surface area contributed by atoms with Crippen LogP contribution in [0.3, 0.4) is 0 Å². The van der Waals surface area contributed by atoms with Crippen LogP contribution < -0.4 is 5.32 Å². The van der Waals surface area contributed by atoms with Gasteiger partial charge in [0.15, 0.2) is 0 Å². The number of aliphatic hydroxyl groups is 1. The Bertz CT molecular complexity index is 500. The summed E-state index contributed by atoms with van der Waals surface area (Å²) in [6.07, 6.45) is -0.302. The van der Waals surface area contributed by atoms with Gasteiger partial charge in [-0.05, 0) is 24.3 Å². The number of carbonyl (C=O) groups is 1. The molecule has 0 aliphatic carbocycles. The zero-order chi connectivity index (χ0) is 14.8. The molecule has 1 aromatic carbocycles. The third-order valence-electron chi connectivity index (χ3n) is 4.31. The van der Waals surface area contributed by atoms with Gasteiger partial charge in [0, 0.05) is 55.9 Å². The number of nitrogens with one attached hydrogen (secondary N) is 1. The van der Waals surface area contributed by atoms with E-state index in [2.05, 4.69) is 10.2 Å². The van der Waals surface area contributed by atoms with E-state index < -0.39 is 0 Å². The van der Waals surface area contributed by atoms with Gasteiger partial charge >= 0.3 is 0 Å². The number of carbonyl (C=O) groups excluding carboxylic acids is 1. The highest BCUT2D eigenvalue weighted by Crippen LogP contribution is 2.16. The van der Waals surface area contributed by atoms with Crippen molar-refractivity contribution >= 4 is 17.5 Å². The van der Waals surface area contributed by atoms with Crippen LogP contribution in [0.15, 0.2) is 24.3 Å². The van der Waals surface area contributed by atoms with Crippen molar-refractivity contribution in [3.8, 4) is 0 Å². The fourth-order valence-corrected chi connectivity index (χ4v) is 3.18. The molecule has 0 radical (unpaired) electrons. The molecular weight excluding hydrogens is 290 g/mol. The molecule has 0 unspecified atom stereocenters. The first-order chi connectivity index (χ1) is 10.1. The molecule has 1 aromatic rings. The lowest BCUT2D eigenvalue weighted by Gasteiger charge is -2.38. The number of halogens is 1. The zero-order valence-corrected chi connectivity index (χ0v) is 12.6. The molecule has 6 heteroatoms. The quantitative estimate of drug-likeness (QED) is 0.832. The molecule has 2 fully saturated rings. The molecule has 0 aromatic heterocycles. The lowest BCUT2D eigenvalue weighted by Crippen LogP contribution is -2.54. The number of β-amino-alcohol motifs (C(OH)–C–C–N with tert-alkyl or cyclic N) is 1. The molecule has 5 nitrogen and oxygen atoms in total. The van der Waals surface area contributed by atoms with Crippen molar-refractivity contribution in [1.29, 1.82) is 0 Å². The summed E-state index contributed by atoms with van der Waals surface area (Å²) in [5.41, 5.74) is 0.676. The maximum atomic E-state index is 12.4. The van der Waals surface area contributed by atoms with Gasteiger partial charge in [0.1, 0.15) is 0 Å². The molecule has 2 atom stereocenters. The SMILES string of the molecule is O=C(c1ccc(Cl)cc1)N1CCN([C@@H]2CNC[C@H]2O)CC1. The lowest BCUT2D eigenvalue weighted by atomic mass is 10.1. The largest absolute Gasteiger partial charge is 0.390 e. The first-order valence-electron chi connectivity index (χ1n) is 7.33. The Morgan fingerprint density at radius 3 is 2.38 bits per heavy atom. The number of hydrogen-bond donors (Lipinski definition) is 2. The van der Waals surface area contributed by atoms with Crippen molar-refractivity contribution in [2.75, 3.05) is 39.3 Å². The summed E-state index contributed by atoms with van der Waals surface area (Å²) >= 11 is 5.85. The third kappa shape index (κ3) is 3.21. The zero-order valence-electron chi connectivity index (χ0n) is 11.8. The van der Waals surface area contributed by atoms with Gasteiger partial charge in [-0.1, -0.05) is 11.6 Å². The fraction of sp³-hybridized carbons (Fsp3) is 0.533. The van der Waals surface area contributed by atoms with Crippen LogP contribution in [0.25, 0.3) is 0 Å². The number of hydrogen-bond acceptors (Lipinski definition) is 4. The monoisotopic (exact) mass is 309 g/mol. The van der Waals surface area contributed by atoms with Gasteiger partial charge in [-0.25, -0.2) is 0 Å². The Labute approximate surface area is 129 Å². The van der Waals surface area contributed by atoms with E-state index in [9.17, 15) is 9.90 Å². The van der Waals surface area contributed by atoms with Gasteiger partial charge < -0.3 is 15.3 Å². The average molecular weight is 310 g/mol. The third-order valence-corrected chi connectivity index (χ3v) is 4.56. The molecule has 114 valence electrons. The average Bonchev–Trinajstić information content (AvgIpc) is 2.94. The molecule has 2 aliphatic rings. The summed E-state index contributed by atoms with van der Waals surface area (Å²) < 4.78 is 0. The Kier molecular flexibility index (Phi) is 4.45. The number of piperazine rings is 1. The van der Waals surface area contributed by atoms with E-state index in [1.165, 1.54) is 0 Å². The van der Waals surface area contributed by atoms with Crippen LogP contribution in [0.4, 0.5) is 0 Å². The van der Waals surface area contributed by atoms with Gasteiger partial charge in [0.25, 0.3) is 5.91 Å². The molecule has 2 saturated heterocycles. The maximum absolute atomic E-state index is 12.4. The Balaban J connectivity index is 1.58. The second-order valence-corrected chi connectivity index (χ2v) is 6.06. The van der Waals surface area contributed by atoms with E-state index in [-0.39, 0.29) is 18.1 Å². The van der Waals surface area contributed by atoms with Gasteiger partial charge in [-0.15, -0.1) is 0 Å². The summed E-state index contributed by atoms with van der Waals surface area (Å²) in [6.45, 7) is 4.50. The van der Waals surface area contributed by atoms with Crippen LogP contribution >= 0.6 is 11.6 Å². The van der Waals surface area contributed by atoms with Crippen LogP contribution in [-0.2, 0) is 0 Å². The van der Waals surface area contributed by atoms with E-state index in [1.54, 1.807) is 24.3 Å². The minimum absolute atomic E-state index is 0.0522. The molecule has 2 heterocycles. The number of aliphatic hydroxyl groups excluding tert-OH is 1. The molecular formula is C15H20ClN3O2. The number of rotatable bonds is 2. The summed E-state index contributed by atoms with van der Waals surface area (Å²) in [5, 5.41) is 13.8. The van der Waals surface area contributed by atoms with Crippen molar-refractivity contribution in [2.24, 2.45) is 0 Å². The van der Waals surface area contributed by atoms with Gasteiger partial charge in [-0.3, -0.25) is 9.69 Å². The minimum Gasteiger partial charge on any atom is -0.390 e. The van der Waals surface area contributed by atoms with Crippen molar-refractivity contribution in [3.05, 3.63) is 34.9 Å². The van der Waals surface area contributed by atoms with Crippen LogP contribution in [0.5, 0.6) is 0 Å². The van der Waals surface area contributed by atoms with Gasteiger partial charge in [-0.2, -0.15) is 0 Å². The second-order valence-electron chi connectivity index (χ2n) is 5.63. The van der Waals surface area contributed by atoms with Crippen LogP contribution in [0.2, 0.25) is 5.02 Å². The highest BCUT2D eigenvalue weighted by molar-refractivity contribution is 6.30. The topological polar surface area (TPSA) is 55.8 Å². The standard InChI is InChI=1S/C15H20ClN3O2/c16-12-3-1-11(2-4-12)15(21)19-7-5-18(6-8-19)13-9-17-10-14(13)20/h1-4,13-14,17,20H,5-10H2/t13-,14-/m1/s1. The summed E-state index contributed by atoms with van der Waals surface area (Å²) in [7, 11) is 0.